The SMILES string of the molecule is C1CC1.CC/C=C(/NCC=O)c1c[nH]c2ncc(C3CC3)nc12.CN1CCCC1. The molecule has 0 unspecified atom stereocenters. The summed E-state index contributed by atoms with van der Waals surface area (Å²) in [5.74, 6) is 0.580. The summed E-state index contributed by atoms with van der Waals surface area (Å²) in [6.07, 6.45) is 17.3. The standard InChI is InChI=1S/C15H18N4O.C5H11N.C3H6/c1-2-3-12(16-6-7-20)11-8-17-15-14(11)19-13(9-18-15)10-4-5-10;1-6-4-2-3-5-6;1-2-3-1/h3,7-10,16H,2,4-6H2,1H3,(H,17,18);2-5H2,1H3;1-3H2/b12-3+;;. The normalized spacial score (nSPS) is 18.5. The highest BCUT2D eigenvalue weighted by Crippen LogP contribution is 2.39. The number of allylic oxidation sites excluding steroid dienone is 1. The van der Waals surface area contributed by atoms with E-state index in [1.165, 1.54) is 58.0 Å². The third-order valence-electron chi connectivity index (χ3n) is 5.15. The van der Waals surface area contributed by atoms with Gasteiger partial charge < -0.3 is 20.0 Å². The number of rotatable bonds is 6. The van der Waals surface area contributed by atoms with Crippen LogP contribution in [0.3, 0.4) is 0 Å². The highest BCUT2D eigenvalue weighted by atomic mass is 16.1. The summed E-state index contributed by atoms with van der Waals surface area (Å²) in [6, 6.07) is 0. The largest absolute Gasteiger partial charge is 0.378 e. The smallest absolute Gasteiger partial charge is 0.156 e. The molecule has 2 saturated carbocycles. The Kier molecular flexibility index (Phi) is 8.23. The fourth-order valence-electron chi connectivity index (χ4n) is 3.19. The molecule has 2 N–H and O–H groups in total. The summed E-state index contributed by atoms with van der Waals surface area (Å²) in [6.45, 7) is 5.01. The van der Waals surface area contributed by atoms with Crippen molar-refractivity contribution in [3.05, 3.63) is 29.7 Å². The van der Waals surface area contributed by atoms with Gasteiger partial charge in [0.05, 0.1) is 18.4 Å². The predicted molar refractivity (Wildman–Crippen MR) is 119 cm³/mol. The molecular weight excluding hydrogens is 362 g/mol. The van der Waals surface area contributed by atoms with E-state index >= 15 is 0 Å². The molecule has 3 heterocycles. The van der Waals surface area contributed by atoms with E-state index in [9.17, 15) is 4.79 Å². The number of likely N-dealkylation sites (tertiary alicyclic amines) is 1. The van der Waals surface area contributed by atoms with Gasteiger partial charge in [0.25, 0.3) is 0 Å². The molecule has 3 fully saturated rings. The van der Waals surface area contributed by atoms with E-state index in [1.54, 1.807) is 0 Å². The van der Waals surface area contributed by atoms with Crippen molar-refractivity contribution in [3.63, 3.8) is 0 Å². The van der Waals surface area contributed by atoms with Crippen molar-refractivity contribution >= 4 is 23.1 Å². The van der Waals surface area contributed by atoms with Crippen LogP contribution in [0, 0.1) is 0 Å². The number of aromatic amines is 1. The van der Waals surface area contributed by atoms with Crippen LogP contribution in [0.5, 0.6) is 0 Å². The minimum atomic E-state index is 0.300. The molecule has 0 radical (unpaired) electrons. The lowest BCUT2D eigenvalue weighted by atomic mass is 10.2. The topological polar surface area (TPSA) is 73.9 Å². The Morgan fingerprint density at radius 3 is 2.48 bits per heavy atom. The first kappa shape index (κ1) is 21.5. The lowest BCUT2D eigenvalue weighted by Crippen LogP contribution is -2.14. The molecule has 5 rings (SSSR count). The van der Waals surface area contributed by atoms with Gasteiger partial charge in [-0.25, -0.2) is 9.97 Å². The number of aldehydes is 1. The molecule has 0 amide bonds. The van der Waals surface area contributed by atoms with Crippen molar-refractivity contribution in [1.82, 2.24) is 25.2 Å². The minimum Gasteiger partial charge on any atom is -0.378 e. The number of H-pyrrole nitrogens is 1. The number of hydrogen-bond acceptors (Lipinski definition) is 5. The van der Waals surface area contributed by atoms with Crippen molar-refractivity contribution in [3.8, 4) is 0 Å². The average molecular weight is 398 g/mol. The molecule has 1 saturated heterocycles. The van der Waals surface area contributed by atoms with Gasteiger partial charge >= 0.3 is 0 Å². The summed E-state index contributed by atoms with van der Waals surface area (Å²) < 4.78 is 0. The molecule has 0 atom stereocenters. The lowest BCUT2D eigenvalue weighted by Gasteiger charge is -2.07. The van der Waals surface area contributed by atoms with Gasteiger partial charge in [-0.15, -0.1) is 0 Å². The molecule has 6 heteroatoms. The second kappa shape index (κ2) is 11.1. The van der Waals surface area contributed by atoms with Gasteiger partial charge in [-0.1, -0.05) is 32.3 Å². The van der Waals surface area contributed by atoms with Crippen LogP contribution in [-0.2, 0) is 4.79 Å². The van der Waals surface area contributed by atoms with Crippen LogP contribution in [0.15, 0.2) is 18.5 Å². The van der Waals surface area contributed by atoms with Crippen molar-refractivity contribution in [2.45, 2.75) is 64.2 Å². The van der Waals surface area contributed by atoms with Crippen LogP contribution in [0.4, 0.5) is 0 Å². The summed E-state index contributed by atoms with van der Waals surface area (Å²) >= 11 is 0. The van der Waals surface area contributed by atoms with Crippen molar-refractivity contribution < 1.29 is 4.79 Å². The molecule has 2 aliphatic carbocycles. The zero-order chi connectivity index (χ0) is 20.5. The molecule has 6 nitrogen and oxygen atoms in total. The molecule has 0 spiro atoms. The van der Waals surface area contributed by atoms with E-state index in [0.717, 1.165) is 40.8 Å². The van der Waals surface area contributed by atoms with Crippen LogP contribution in [0.25, 0.3) is 16.9 Å². The van der Waals surface area contributed by atoms with Gasteiger partial charge in [-0.3, -0.25) is 0 Å². The number of nitrogens with one attached hydrogen (secondary N) is 2. The predicted octanol–water partition coefficient (Wildman–Crippen LogP) is 4.26. The lowest BCUT2D eigenvalue weighted by molar-refractivity contribution is -0.107. The fourth-order valence-corrected chi connectivity index (χ4v) is 3.19. The number of nitrogens with zero attached hydrogens (tertiary/aromatic N) is 3. The summed E-state index contributed by atoms with van der Waals surface area (Å²) in [5, 5.41) is 3.13. The Bertz CT molecular complexity index is 798. The quantitative estimate of drug-likeness (QED) is 0.713. The number of carbonyl (C=O) groups excluding carboxylic acids is 1. The minimum absolute atomic E-state index is 0.300. The van der Waals surface area contributed by atoms with Crippen LogP contribution < -0.4 is 5.32 Å². The Morgan fingerprint density at radius 1 is 1.24 bits per heavy atom. The number of hydrogen-bond donors (Lipinski definition) is 2. The molecule has 3 aliphatic rings. The monoisotopic (exact) mass is 397 g/mol. The van der Waals surface area contributed by atoms with Gasteiger partial charge in [0.1, 0.15) is 11.8 Å². The first-order valence-electron chi connectivity index (χ1n) is 11.1. The second-order valence-electron chi connectivity index (χ2n) is 8.11. The summed E-state index contributed by atoms with van der Waals surface area (Å²) in [7, 11) is 2.17. The Morgan fingerprint density at radius 2 is 1.97 bits per heavy atom. The van der Waals surface area contributed by atoms with Gasteiger partial charge in [0.2, 0.25) is 0 Å². The summed E-state index contributed by atoms with van der Waals surface area (Å²) in [5.41, 5.74) is 4.67. The molecule has 1 aliphatic heterocycles. The van der Waals surface area contributed by atoms with Gasteiger partial charge in [-0.2, -0.15) is 0 Å². The Hall–Kier alpha value is -2.21. The fraction of sp³-hybridized carbons (Fsp3) is 0.609. The van der Waals surface area contributed by atoms with Crippen molar-refractivity contribution in [1.29, 1.82) is 0 Å². The summed E-state index contributed by atoms with van der Waals surface area (Å²) in [4.78, 5) is 25.3. The third kappa shape index (κ3) is 6.96. The number of fused-ring (bicyclic) bond motifs is 1. The van der Waals surface area contributed by atoms with E-state index in [-0.39, 0.29) is 0 Å². The first-order chi connectivity index (χ1) is 14.2. The van der Waals surface area contributed by atoms with Crippen LogP contribution in [0.1, 0.15) is 75.5 Å². The maximum absolute atomic E-state index is 10.6. The van der Waals surface area contributed by atoms with Crippen LogP contribution >= 0.6 is 0 Å². The van der Waals surface area contributed by atoms with E-state index in [1.807, 2.05) is 12.4 Å². The van der Waals surface area contributed by atoms with Crippen LogP contribution in [0.2, 0.25) is 0 Å². The average Bonchev–Trinajstić information content (AvgIpc) is 3.68. The highest BCUT2D eigenvalue weighted by Gasteiger charge is 2.26. The second-order valence-corrected chi connectivity index (χ2v) is 8.11. The van der Waals surface area contributed by atoms with E-state index < -0.39 is 0 Å². The molecule has 158 valence electrons. The molecular formula is C23H35N5O. The molecule has 2 aromatic heterocycles. The molecule has 0 aromatic carbocycles. The van der Waals surface area contributed by atoms with Gasteiger partial charge in [0, 0.05) is 23.4 Å². The maximum atomic E-state index is 10.6. The van der Waals surface area contributed by atoms with E-state index in [2.05, 4.69) is 40.2 Å². The first-order valence-corrected chi connectivity index (χ1v) is 11.1. The Labute approximate surface area is 174 Å². The Balaban J connectivity index is 0.000000219. The zero-order valence-corrected chi connectivity index (χ0v) is 17.9. The highest BCUT2D eigenvalue weighted by molar-refractivity contribution is 5.87. The van der Waals surface area contributed by atoms with E-state index in [4.69, 9.17) is 4.98 Å². The van der Waals surface area contributed by atoms with E-state index in [0.29, 0.717) is 12.5 Å². The molecule has 29 heavy (non-hydrogen) atoms. The molecule has 0 bridgehead atoms. The van der Waals surface area contributed by atoms with Gasteiger partial charge in [0.15, 0.2) is 5.65 Å². The number of carbonyl (C=O) groups is 1. The molecule has 2 aromatic rings. The maximum Gasteiger partial charge on any atom is 0.156 e. The van der Waals surface area contributed by atoms with Crippen molar-refractivity contribution in [2.75, 3.05) is 26.7 Å². The van der Waals surface area contributed by atoms with Gasteiger partial charge in [-0.05, 0) is 52.2 Å². The van der Waals surface area contributed by atoms with Crippen LogP contribution in [-0.4, -0.2) is 52.8 Å². The third-order valence-corrected chi connectivity index (χ3v) is 5.15. The number of aromatic nitrogens is 3. The zero-order valence-electron chi connectivity index (χ0n) is 17.9. The van der Waals surface area contributed by atoms with Crippen molar-refractivity contribution in [2.24, 2.45) is 0 Å².